The molecule has 4 bridgehead atoms. The van der Waals surface area contributed by atoms with E-state index in [2.05, 4.69) is 230 Å². The first-order chi connectivity index (χ1) is 30.2. The molecule has 2 aromatic rings. The smallest absolute Gasteiger partial charge is 0.137 e. The molecule has 360 valence electrons. The molecule has 0 aliphatic carbocycles. The van der Waals surface area contributed by atoms with Gasteiger partial charge in [-0.2, -0.15) is 10.5 Å². The topological polar surface area (TPSA) is 56.8 Å². The first kappa shape index (κ1) is 53.3. The first-order valence-electron chi connectivity index (χ1n) is 25.5. The summed E-state index contributed by atoms with van der Waals surface area (Å²) in [7, 11) is -19.2. The van der Waals surface area contributed by atoms with Gasteiger partial charge in [0.25, 0.3) is 0 Å². The van der Waals surface area contributed by atoms with E-state index in [0.717, 1.165) is 20.7 Å². The van der Waals surface area contributed by atoms with Gasteiger partial charge in [0.05, 0.1) is 0 Å². The molecular formula is C52H88N2OSi12. The molecule has 2 aromatic carbocycles. The second-order valence-electron chi connectivity index (χ2n) is 28.6. The highest BCUT2D eigenvalue weighted by Crippen LogP contribution is 2.73. The summed E-state index contributed by atoms with van der Waals surface area (Å²) >= 11 is 0. The third kappa shape index (κ3) is 6.03. The lowest BCUT2D eigenvalue weighted by molar-refractivity contribution is 0.332. The molecule has 6 saturated heterocycles. The molecule has 0 unspecified atom stereocenters. The van der Waals surface area contributed by atoms with Crippen LogP contribution in [-0.4, -0.2) is 91.1 Å². The summed E-state index contributed by atoms with van der Waals surface area (Å²) in [6, 6.07) is 24.2. The lowest BCUT2D eigenvalue weighted by Gasteiger charge is -2.85. The van der Waals surface area contributed by atoms with Crippen LogP contribution in [0.1, 0.15) is 22.3 Å². The van der Waals surface area contributed by atoms with E-state index in [9.17, 15) is 10.5 Å². The summed E-state index contributed by atoms with van der Waals surface area (Å²) < 4.78 is 7.51. The minimum atomic E-state index is -1.69. The lowest BCUT2D eigenvalue weighted by Crippen LogP contribution is -3.04. The standard InChI is InChI=1S/C52H88N2OSi12/c1-56(2)49-57(3,4)63(15,16)51(62(56,13)14,64(17,18)58(49,5)6)45-31-25-41(26-32-45)29-35-47-37-43(44(39-53)40-54)38-48(55-47)36-30-42-27-33-46(34-28-42)52-65(19,20)59(7,8)50(60(9,10)66(52,21)22)61(11,12)67(52,23)24/h25-38,49-50H,1-24H3/b35-29+,36-30+. The van der Waals surface area contributed by atoms with Gasteiger partial charge in [0, 0.05) is 96.7 Å². The lowest BCUT2D eigenvalue weighted by atomic mass is 10.0. The Morgan fingerprint density at radius 1 is 0.403 bits per heavy atom. The van der Waals surface area contributed by atoms with Gasteiger partial charge in [0.1, 0.15) is 29.2 Å². The maximum Gasteiger partial charge on any atom is 0.137 e. The van der Waals surface area contributed by atoms with Crippen LogP contribution in [-0.2, 0) is 13.3 Å². The molecule has 7 heterocycles. The Labute approximate surface area is 420 Å². The minimum absolute atomic E-state index is 0.0984. The summed E-state index contributed by atoms with van der Waals surface area (Å²) in [5.74, 6) is 1.27. The number of hydrogen-bond donors (Lipinski definition) is 0. The molecule has 0 saturated carbocycles. The van der Waals surface area contributed by atoms with Crippen molar-refractivity contribution in [2.45, 2.75) is 175 Å². The quantitative estimate of drug-likeness (QED) is 0.214. The van der Waals surface area contributed by atoms with Crippen molar-refractivity contribution in [3.05, 3.63) is 118 Å². The Morgan fingerprint density at radius 2 is 0.642 bits per heavy atom. The normalized spacial score (nSPS) is 33.0. The van der Waals surface area contributed by atoms with E-state index in [1.165, 1.54) is 0 Å². The highest BCUT2D eigenvalue weighted by atomic mass is 29.4. The molecular weight excluding hydrogens is 1010 g/mol. The van der Waals surface area contributed by atoms with Crippen molar-refractivity contribution in [1.82, 2.24) is 0 Å². The van der Waals surface area contributed by atoms with Gasteiger partial charge < -0.3 is 4.74 Å². The Balaban J connectivity index is 1.21. The van der Waals surface area contributed by atoms with Crippen LogP contribution in [0, 0.1) is 22.7 Å². The molecule has 0 N–H and O–H groups in total. The summed E-state index contributed by atoms with van der Waals surface area (Å²) in [6.45, 7) is 68.8. The predicted molar refractivity (Wildman–Crippen MR) is 327 cm³/mol. The maximum absolute atomic E-state index is 10.0. The highest BCUT2D eigenvalue weighted by molar-refractivity contribution is 7.77. The first-order valence-corrected chi connectivity index (χ1v) is 67.9. The van der Waals surface area contributed by atoms with E-state index < -0.39 is 91.1 Å². The van der Waals surface area contributed by atoms with Gasteiger partial charge in [-0.3, -0.25) is 0 Å². The fourth-order valence-corrected chi connectivity index (χ4v) is 311. The Bertz CT molecular complexity index is 2340. The van der Waals surface area contributed by atoms with Crippen molar-refractivity contribution in [1.29, 1.82) is 10.5 Å². The van der Waals surface area contributed by atoms with Crippen LogP contribution >= 0.6 is 0 Å². The number of benzene rings is 2. The van der Waals surface area contributed by atoms with Crippen molar-refractivity contribution >= 4 is 103 Å². The number of nitrogens with zero attached hydrogens (tertiary/aromatic N) is 2. The predicted octanol–water partition coefficient (Wildman–Crippen LogP) is 15.2. The number of allylic oxidation sites excluding steroid dienone is 6. The molecule has 9 rings (SSSR count). The van der Waals surface area contributed by atoms with E-state index in [1.54, 1.807) is 11.1 Å². The van der Waals surface area contributed by atoms with Gasteiger partial charge in [0.2, 0.25) is 0 Å². The van der Waals surface area contributed by atoms with Gasteiger partial charge in [-0.15, -0.1) is 0 Å². The molecule has 15 heteroatoms. The average Bonchev–Trinajstić information content (AvgIpc) is 3.18. The summed E-state index contributed by atoms with van der Waals surface area (Å²) in [6.07, 6.45) is 12.1. The van der Waals surface area contributed by atoms with Crippen LogP contribution < -0.4 is 0 Å². The van der Waals surface area contributed by atoms with Gasteiger partial charge in [-0.05, 0) is 44.0 Å². The van der Waals surface area contributed by atoms with Crippen molar-refractivity contribution in [2.24, 2.45) is 0 Å². The van der Waals surface area contributed by atoms with Gasteiger partial charge in [-0.1, -0.05) is 239 Å². The zero-order valence-electron chi connectivity index (χ0n) is 46.5. The number of fused-ring (bicyclic) bond motifs is 6. The van der Waals surface area contributed by atoms with Crippen LogP contribution in [0.5, 0.6) is 0 Å². The van der Waals surface area contributed by atoms with Crippen LogP contribution in [0.3, 0.4) is 0 Å². The molecule has 67 heavy (non-hydrogen) atoms. The van der Waals surface area contributed by atoms with E-state index in [-0.39, 0.29) is 5.57 Å². The Hall–Kier alpha value is -1.48. The van der Waals surface area contributed by atoms with Gasteiger partial charge >= 0.3 is 0 Å². The molecule has 0 radical (unpaired) electrons. The molecule has 7 aliphatic heterocycles. The van der Waals surface area contributed by atoms with Gasteiger partial charge in [-0.25, -0.2) is 0 Å². The second-order valence-corrected chi connectivity index (χ2v) is 129. The van der Waals surface area contributed by atoms with Crippen LogP contribution in [0.4, 0.5) is 0 Å². The largest absolute Gasteiger partial charge is 0.457 e. The summed E-state index contributed by atoms with van der Waals surface area (Å²) in [5.41, 5.74) is 6.43. The van der Waals surface area contributed by atoms with Crippen molar-refractivity contribution in [2.75, 3.05) is 0 Å². The number of ether oxygens (including phenoxy) is 1. The minimum Gasteiger partial charge on any atom is -0.457 e. The summed E-state index contributed by atoms with van der Waals surface area (Å²) in [4.78, 5) is 2.27. The van der Waals surface area contributed by atoms with E-state index in [4.69, 9.17) is 4.74 Å². The third-order valence-electron chi connectivity index (χ3n) is 24.5. The fourth-order valence-electron chi connectivity index (χ4n) is 20.4. The van der Waals surface area contributed by atoms with Crippen molar-refractivity contribution in [3.63, 3.8) is 0 Å². The molecule has 7 aliphatic rings. The van der Waals surface area contributed by atoms with Crippen molar-refractivity contribution < 1.29 is 4.74 Å². The average molecular weight is 1090 g/mol. The SMILES string of the molecule is C[Si]1(C)C2[Si](C)(C)[Si](C)(C)C(c3ccc(/C=C/C4=CC(=C(C#N)C#N)C=C(/C=C/c5ccc(C67[Si](C)(C)[Si](C)(C)C([Si](C)(C)[Si]6(C)C)[Si](C)(C)[Si]7(C)C)cc5)O4)cc3)([Si]1(C)C)[Si](C)(C)[Si]2(C)C. The zero-order chi connectivity index (χ0) is 50.8. The number of hydrogen-bond acceptors (Lipinski definition) is 3. The molecule has 6 fully saturated rings. The number of rotatable bonds is 6. The molecule has 3 nitrogen and oxygen atoms in total. The van der Waals surface area contributed by atoms with Crippen LogP contribution in [0.15, 0.2) is 95.5 Å². The van der Waals surface area contributed by atoms with Gasteiger partial charge in [0.15, 0.2) is 0 Å². The fraction of sp³-hybridized carbons (Fsp3) is 0.538. The number of nitriles is 2. The molecule has 0 atom stereocenters. The Morgan fingerprint density at radius 3 is 0.866 bits per heavy atom. The maximum atomic E-state index is 10.0. The zero-order valence-corrected chi connectivity index (χ0v) is 58.5. The van der Waals surface area contributed by atoms with Crippen molar-refractivity contribution in [3.8, 4) is 12.1 Å². The van der Waals surface area contributed by atoms with E-state index in [1.807, 2.05) is 24.3 Å². The Kier molecular flexibility index (Phi) is 12.4. The van der Waals surface area contributed by atoms with E-state index in [0.29, 0.717) is 25.7 Å². The van der Waals surface area contributed by atoms with Crippen LogP contribution in [0.25, 0.3) is 12.2 Å². The third-order valence-corrected chi connectivity index (χ3v) is 203. The molecule has 0 spiro atoms. The second kappa shape index (κ2) is 15.5. The van der Waals surface area contributed by atoms with Crippen LogP contribution in [0.2, 0.25) is 167 Å². The highest BCUT2D eigenvalue weighted by Gasteiger charge is 2.89. The summed E-state index contributed by atoms with van der Waals surface area (Å²) in [5, 5.41) is 20.0. The van der Waals surface area contributed by atoms with E-state index >= 15 is 0 Å². The molecule has 0 amide bonds. The monoisotopic (exact) mass is 1090 g/mol. The molecule has 0 aromatic heterocycles.